The molecule has 2 nitrogen and oxygen atoms in total. The second-order valence-corrected chi connectivity index (χ2v) is 5.46. The lowest BCUT2D eigenvalue weighted by molar-refractivity contribution is -0.0757. The zero-order valence-corrected chi connectivity index (χ0v) is 11.6. The van der Waals surface area contributed by atoms with Gasteiger partial charge >= 0.3 is 0 Å². The Morgan fingerprint density at radius 2 is 1.94 bits per heavy atom. The number of benzene rings is 1. The number of aliphatic hydroxyl groups excluding tert-OH is 1. The lowest BCUT2D eigenvalue weighted by Gasteiger charge is -2.35. The minimum absolute atomic E-state index is 0.0415. The van der Waals surface area contributed by atoms with Gasteiger partial charge in [-0.25, -0.2) is 0 Å². The minimum Gasteiger partial charge on any atom is -0.396 e. The highest BCUT2D eigenvalue weighted by molar-refractivity contribution is 5.13. The first kappa shape index (κ1) is 14.9. The summed E-state index contributed by atoms with van der Waals surface area (Å²) < 4.78 is 6.01. The fourth-order valence-electron chi connectivity index (χ4n) is 2.06. The van der Waals surface area contributed by atoms with Crippen molar-refractivity contribution in [3.8, 4) is 0 Å². The van der Waals surface area contributed by atoms with Crippen molar-refractivity contribution < 1.29 is 9.84 Å². The second-order valence-electron chi connectivity index (χ2n) is 5.46. The molecule has 2 heteroatoms. The van der Waals surface area contributed by atoms with E-state index in [1.54, 1.807) is 0 Å². The highest BCUT2D eigenvalue weighted by atomic mass is 16.5. The van der Waals surface area contributed by atoms with Gasteiger partial charge in [-0.3, -0.25) is 0 Å². The topological polar surface area (TPSA) is 29.5 Å². The number of ether oxygens (including phenoxy) is 1. The van der Waals surface area contributed by atoms with E-state index in [0.717, 1.165) is 5.56 Å². The Hall–Kier alpha value is -1.12. The van der Waals surface area contributed by atoms with E-state index in [9.17, 15) is 5.11 Å². The van der Waals surface area contributed by atoms with Crippen LogP contribution < -0.4 is 0 Å². The second kappa shape index (κ2) is 6.72. The third-order valence-electron chi connectivity index (χ3n) is 3.30. The van der Waals surface area contributed by atoms with Gasteiger partial charge in [0, 0.05) is 11.3 Å². The molecule has 0 spiro atoms. The molecule has 1 N–H and O–H groups in total. The first-order chi connectivity index (χ1) is 8.51. The molecule has 1 rings (SSSR count). The molecule has 0 fully saturated rings. The largest absolute Gasteiger partial charge is 0.396 e. The quantitative estimate of drug-likeness (QED) is 0.749. The maximum atomic E-state index is 9.49. The van der Waals surface area contributed by atoms with Crippen molar-refractivity contribution in [2.24, 2.45) is 11.3 Å². The zero-order chi connectivity index (χ0) is 13.6. The van der Waals surface area contributed by atoms with Gasteiger partial charge in [0.15, 0.2) is 0 Å². The molecule has 0 unspecified atom stereocenters. The summed E-state index contributed by atoms with van der Waals surface area (Å²) in [5.41, 5.74) is 0.870. The van der Waals surface area contributed by atoms with Crippen molar-refractivity contribution in [1.29, 1.82) is 0 Å². The fourth-order valence-corrected chi connectivity index (χ4v) is 2.06. The fraction of sp³-hybridized carbons (Fsp3) is 0.500. The summed E-state index contributed by atoms with van der Waals surface area (Å²) in [7, 11) is 0. The van der Waals surface area contributed by atoms with Gasteiger partial charge in [-0.1, -0.05) is 57.2 Å². The van der Waals surface area contributed by atoms with Crippen LogP contribution in [0.2, 0.25) is 0 Å². The standard InChI is InChI=1S/C16H24O2/c1-5-13(2)15(16(3,4)12-17)18-11-14-9-7-6-8-10-14/h5-10,13,15,17H,1,11-12H2,2-4H3/t13-,15+/m1/s1. The van der Waals surface area contributed by atoms with Gasteiger partial charge in [-0.2, -0.15) is 0 Å². The van der Waals surface area contributed by atoms with E-state index in [1.807, 2.05) is 50.3 Å². The first-order valence-electron chi connectivity index (χ1n) is 6.40. The molecule has 0 radical (unpaired) electrons. The molecule has 0 aliphatic heterocycles. The molecule has 0 aliphatic carbocycles. The summed E-state index contributed by atoms with van der Waals surface area (Å²) in [6.45, 7) is 10.6. The van der Waals surface area contributed by atoms with E-state index >= 15 is 0 Å². The summed E-state index contributed by atoms with van der Waals surface area (Å²) in [5, 5.41) is 9.49. The Morgan fingerprint density at radius 1 is 1.33 bits per heavy atom. The molecular weight excluding hydrogens is 224 g/mol. The molecule has 100 valence electrons. The van der Waals surface area contributed by atoms with Crippen LogP contribution >= 0.6 is 0 Å². The van der Waals surface area contributed by atoms with Gasteiger partial charge in [0.2, 0.25) is 0 Å². The molecule has 0 saturated heterocycles. The Balaban J connectivity index is 2.71. The Kier molecular flexibility index (Phi) is 5.57. The van der Waals surface area contributed by atoms with Gasteiger partial charge in [0.25, 0.3) is 0 Å². The summed E-state index contributed by atoms with van der Waals surface area (Å²) in [6, 6.07) is 10.1. The Labute approximate surface area is 110 Å². The normalized spacial score (nSPS) is 15.1. The highest BCUT2D eigenvalue weighted by Gasteiger charge is 2.32. The molecule has 18 heavy (non-hydrogen) atoms. The molecule has 0 aromatic heterocycles. The summed E-state index contributed by atoms with van der Waals surface area (Å²) in [6.07, 6.45) is 1.84. The van der Waals surface area contributed by atoms with E-state index in [1.165, 1.54) is 0 Å². The number of hydrogen-bond acceptors (Lipinski definition) is 2. The predicted octanol–water partition coefficient (Wildman–Crippen LogP) is 3.41. The third kappa shape index (κ3) is 3.97. The van der Waals surface area contributed by atoms with Crippen LogP contribution in [0.3, 0.4) is 0 Å². The van der Waals surface area contributed by atoms with Crippen molar-refractivity contribution in [3.63, 3.8) is 0 Å². The highest BCUT2D eigenvalue weighted by Crippen LogP contribution is 2.29. The average molecular weight is 248 g/mol. The Morgan fingerprint density at radius 3 is 2.44 bits per heavy atom. The van der Waals surface area contributed by atoms with Gasteiger partial charge in [-0.05, 0) is 5.56 Å². The van der Waals surface area contributed by atoms with Crippen LogP contribution in [0.4, 0.5) is 0 Å². The number of aliphatic hydroxyl groups is 1. The van der Waals surface area contributed by atoms with Gasteiger partial charge in [-0.15, -0.1) is 6.58 Å². The average Bonchev–Trinajstić information content (AvgIpc) is 2.39. The van der Waals surface area contributed by atoms with Gasteiger partial charge in [0.05, 0.1) is 19.3 Å². The van der Waals surface area contributed by atoms with Crippen LogP contribution in [0, 0.1) is 11.3 Å². The molecule has 1 aromatic rings. The van der Waals surface area contributed by atoms with Crippen LogP contribution in [-0.4, -0.2) is 17.8 Å². The Bertz CT molecular complexity index is 357. The minimum atomic E-state index is -0.275. The lowest BCUT2D eigenvalue weighted by Crippen LogP contribution is -2.39. The molecule has 0 amide bonds. The lowest BCUT2D eigenvalue weighted by atomic mass is 9.80. The molecule has 0 saturated carbocycles. The molecule has 0 heterocycles. The van der Waals surface area contributed by atoms with E-state index in [2.05, 4.69) is 13.5 Å². The van der Waals surface area contributed by atoms with Crippen LogP contribution in [0.5, 0.6) is 0 Å². The molecular formula is C16H24O2. The molecule has 1 aromatic carbocycles. The molecule has 0 bridgehead atoms. The van der Waals surface area contributed by atoms with E-state index in [0.29, 0.717) is 6.61 Å². The van der Waals surface area contributed by atoms with E-state index in [-0.39, 0.29) is 24.0 Å². The summed E-state index contributed by atoms with van der Waals surface area (Å²) in [5.74, 6) is 0.205. The van der Waals surface area contributed by atoms with E-state index < -0.39 is 0 Å². The van der Waals surface area contributed by atoms with Crippen LogP contribution in [0.15, 0.2) is 43.0 Å². The maximum Gasteiger partial charge on any atom is 0.0721 e. The smallest absolute Gasteiger partial charge is 0.0721 e. The maximum absolute atomic E-state index is 9.49. The summed E-state index contributed by atoms with van der Waals surface area (Å²) >= 11 is 0. The first-order valence-corrected chi connectivity index (χ1v) is 6.40. The monoisotopic (exact) mass is 248 g/mol. The van der Waals surface area contributed by atoms with Crippen molar-refractivity contribution in [3.05, 3.63) is 48.6 Å². The van der Waals surface area contributed by atoms with Crippen LogP contribution in [-0.2, 0) is 11.3 Å². The molecule has 0 aliphatic rings. The van der Waals surface area contributed by atoms with Crippen molar-refractivity contribution >= 4 is 0 Å². The number of hydrogen-bond donors (Lipinski definition) is 1. The third-order valence-corrected chi connectivity index (χ3v) is 3.30. The van der Waals surface area contributed by atoms with Crippen LogP contribution in [0.25, 0.3) is 0 Å². The van der Waals surface area contributed by atoms with Crippen molar-refractivity contribution in [2.75, 3.05) is 6.61 Å². The van der Waals surface area contributed by atoms with Crippen molar-refractivity contribution in [2.45, 2.75) is 33.5 Å². The van der Waals surface area contributed by atoms with Gasteiger partial charge in [0.1, 0.15) is 0 Å². The number of rotatable bonds is 7. The van der Waals surface area contributed by atoms with Gasteiger partial charge < -0.3 is 9.84 Å². The zero-order valence-electron chi connectivity index (χ0n) is 11.6. The van der Waals surface area contributed by atoms with E-state index in [4.69, 9.17) is 4.74 Å². The predicted molar refractivity (Wildman–Crippen MR) is 75.2 cm³/mol. The van der Waals surface area contributed by atoms with Crippen LogP contribution in [0.1, 0.15) is 26.3 Å². The SMILES string of the molecule is C=C[C@@H](C)[C@H](OCc1ccccc1)C(C)(C)CO. The summed E-state index contributed by atoms with van der Waals surface area (Å²) in [4.78, 5) is 0. The van der Waals surface area contributed by atoms with Crippen molar-refractivity contribution in [1.82, 2.24) is 0 Å². The molecule has 2 atom stereocenters.